The predicted octanol–water partition coefficient (Wildman–Crippen LogP) is 5.01. The highest BCUT2D eigenvalue weighted by Gasteiger charge is 2.19. The highest BCUT2D eigenvalue weighted by molar-refractivity contribution is 7.86. The average molecular weight is 583 g/mol. The first-order valence-electron chi connectivity index (χ1n) is 11.1. The van der Waals surface area contributed by atoms with Crippen LogP contribution in [0.4, 0.5) is 45.5 Å². The first kappa shape index (κ1) is 28.1. The number of rotatable bonds is 7. The molecule has 4 aromatic rings. The molecule has 0 saturated heterocycles. The molecule has 0 spiro atoms. The van der Waals surface area contributed by atoms with E-state index in [1.165, 1.54) is 42.5 Å². The van der Waals surface area contributed by atoms with Gasteiger partial charge >= 0.3 is 0 Å². The number of benzene rings is 4. The van der Waals surface area contributed by atoms with Crippen molar-refractivity contribution in [3.63, 3.8) is 0 Å². The lowest BCUT2D eigenvalue weighted by Gasteiger charge is -2.09. The van der Waals surface area contributed by atoms with Crippen LogP contribution in [0.25, 0.3) is 11.1 Å². The summed E-state index contributed by atoms with van der Waals surface area (Å²) in [6.07, 6.45) is 0. The van der Waals surface area contributed by atoms with Crippen LogP contribution in [0.5, 0.6) is 0 Å². The van der Waals surface area contributed by atoms with Crippen LogP contribution in [0.1, 0.15) is 0 Å². The molecule has 0 amide bonds. The normalized spacial score (nSPS) is 12.3. The summed E-state index contributed by atoms with van der Waals surface area (Å²) in [6.45, 7) is 0. The summed E-state index contributed by atoms with van der Waals surface area (Å²) in [5, 5.41) is 15.9. The molecule has 4 aromatic carbocycles. The minimum atomic E-state index is -4.66. The van der Waals surface area contributed by atoms with Gasteiger partial charge in [-0.3, -0.25) is 9.11 Å². The van der Waals surface area contributed by atoms with Crippen LogP contribution in [0.15, 0.2) is 103 Å². The lowest BCUT2D eigenvalue weighted by molar-refractivity contribution is 0.481. The third-order valence-electron chi connectivity index (χ3n) is 5.46. The fraction of sp³-hybridized carbons (Fsp3) is 0. The predicted molar refractivity (Wildman–Crippen MR) is 150 cm³/mol. The Hall–Kier alpha value is -4.90. The van der Waals surface area contributed by atoms with Crippen molar-refractivity contribution in [1.82, 2.24) is 0 Å². The SMILES string of the molecule is Nc1ccc(N=Nc2ccc(-c3ccc(N=Nc4cc(S(=O)(=O)O)c(N)cc4N)cc3)c(S(=O)(=O)O)c2)c(N)c1. The van der Waals surface area contributed by atoms with E-state index < -0.39 is 30.0 Å². The van der Waals surface area contributed by atoms with Gasteiger partial charge in [0.05, 0.1) is 28.4 Å². The summed E-state index contributed by atoms with van der Waals surface area (Å²) in [5.74, 6) is 0. The van der Waals surface area contributed by atoms with E-state index in [9.17, 15) is 25.9 Å². The number of nitrogens with zero attached hydrogens (tertiary/aromatic N) is 4. The maximum atomic E-state index is 12.2. The van der Waals surface area contributed by atoms with E-state index >= 15 is 0 Å². The Balaban J connectivity index is 1.63. The molecule has 0 aliphatic heterocycles. The fourth-order valence-corrected chi connectivity index (χ4v) is 4.88. The molecule has 0 aliphatic carbocycles. The van der Waals surface area contributed by atoms with E-state index in [-0.39, 0.29) is 34.0 Å². The first-order valence-corrected chi connectivity index (χ1v) is 14.0. The van der Waals surface area contributed by atoms with E-state index in [1.54, 1.807) is 12.1 Å². The van der Waals surface area contributed by atoms with Crippen molar-refractivity contribution in [3.8, 4) is 11.1 Å². The second-order valence-corrected chi connectivity index (χ2v) is 11.1. The molecule has 0 saturated carbocycles. The molecule has 0 fully saturated rings. The summed E-state index contributed by atoms with van der Waals surface area (Å²) in [4.78, 5) is -0.973. The van der Waals surface area contributed by atoms with Crippen LogP contribution < -0.4 is 22.9 Å². The van der Waals surface area contributed by atoms with Gasteiger partial charge in [-0.15, -0.1) is 10.2 Å². The van der Waals surface area contributed by atoms with Gasteiger partial charge in [0.15, 0.2) is 0 Å². The summed E-state index contributed by atoms with van der Waals surface area (Å²) >= 11 is 0. The summed E-state index contributed by atoms with van der Waals surface area (Å²) in [7, 11) is -9.27. The maximum absolute atomic E-state index is 12.2. The Labute approximate surface area is 228 Å². The highest BCUT2D eigenvalue weighted by Crippen LogP contribution is 2.35. The molecular formula is C24H22N8O6S2. The third-order valence-corrected chi connectivity index (χ3v) is 7.26. The second-order valence-electron chi connectivity index (χ2n) is 8.34. The monoisotopic (exact) mass is 582 g/mol. The zero-order valence-corrected chi connectivity index (χ0v) is 22.0. The molecule has 0 unspecified atom stereocenters. The van der Waals surface area contributed by atoms with Gasteiger partial charge in [-0.2, -0.15) is 27.1 Å². The minimum absolute atomic E-state index is 0.0272. The third kappa shape index (κ3) is 6.38. The first-order chi connectivity index (χ1) is 18.7. The van der Waals surface area contributed by atoms with Gasteiger partial charge < -0.3 is 22.9 Å². The van der Waals surface area contributed by atoms with Crippen molar-refractivity contribution in [3.05, 3.63) is 72.8 Å². The standard InChI is InChI=1S/C24H22N8O6S2/c25-14-3-8-21(18(26)9-14)31-30-16-6-7-17(23(10-16)39(33,34)35)13-1-4-15(5-2-13)29-32-22-12-24(40(36,37)38)20(28)11-19(22)27/h1-12H,25-28H2,(H,33,34,35)(H,36,37,38). The lowest BCUT2D eigenvalue weighted by atomic mass is 10.0. The van der Waals surface area contributed by atoms with Crippen LogP contribution in [0.2, 0.25) is 0 Å². The number of azo groups is 2. The largest absolute Gasteiger partial charge is 0.399 e. The van der Waals surface area contributed by atoms with Gasteiger partial charge in [0, 0.05) is 11.3 Å². The van der Waals surface area contributed by atoms with Gasteiger partial charge in [-0.05, 0) is 60.2 Å². The Kier molecular flexibility index (Phi) is 7.52. The van der Waals surface area contributed by atoms with Gasteiger partial charge in [0.1, 0.15) is 21.2 Å². The molecule has 40 heavy (non-hydrogen) atoms. The van der Waals surface area contributed by atoms with E-state index in [0.717, 1.165) is 18.2 Å². The van der Waals surface area contributed by atoms with Crippen molar-refractivity contribution in [2.75, 3.05) is 22.9 Å². The van der Waals surface area contributed by atoms with Crippen molar-refractivity contribution in [1.29, 1.82) is 0 Å². The molecule has 16 heteroatoms. The zero-order valence-electron chi connectivity index (χ0n) is 20.4. The average Bonchev–Trinajstić information content (AvgIpc) is 2.87. The Morgan fingerprint density at radius 1 is 0.525 bits per heavy atom. The van der Waals surface area contributed by atoms with Gasteiger partial charge in [-0.1, -0.05) is 18.2 Å². The van der Waals surface area contributed by atoms with Crippen LogP contribution in [0.3, 0.4) is 0 Å². The molecule has 0 heterocycles. The van der Waals surface area contributed by atoms with E-state index in [4.69, 9.17) is 22.9 Å². The molecule has 0 aliphatic rings. The Morgan fingerprint density at radius 2 is 1.10 bits per heavy atom. The fourth-order valence-electron chi connectivity index (χ4n) is 3.53. The van der Waals surface area contributed by atoms with E-state index in [2.05, 4.69) is 20.5 Å². The summed E-state index contributed by atoms with van der Waals surface area (Å²) in [5.41, 5.74) is 24.7. The topological polar surface area (TPSA) is 262 Å². The smallest absolute Gasteiger partial charge is 0.296 e. The Bertz CT molecular complexity index is 1890. The quantitative estimate of drug-likeness (QED) is 0.0963. The maximum Gasteiger partial charge on any atom is 0.296 e. The molecule has 206 valence electrons. The van der Waals surface area contributed by atoms with Gasteiger partial charge in [0.2, 0.25) is 0 Å². The van der Waals surface area contributed by atoms with Crippen LogP contribution in [-0.4, -0.2) is 25.9 Å². The number of hydrogen-bond donors (Lipinski definition) is 6. The van der Waals surface area contributed by atoms with E-state index in [1.807, 2.05) is 0 Å². The highest BCUT2D eigenvalue weighted by atomic mass is 32.2. The van der Waals surface area contributed by atoms with Crippen molar-refractivity contribution < 1.29 is 25.9 Å². The number of anilines is 4. The number of nitrogen functional groups attached to an aromatic ring is 4. The molecule has 10 N–H and O–H groups in total. The number of hydrogen-bond acceptors (Lipinski definition) is 12. The van der Waals surface area contributed by atoms with Crippen LogP contribution in [-0.2, 0) is 20.2 Å². The lowest BCUT2D eigenvalue weighted by Crippen LogP contribution is -2.04. The van der Waals surface area contributed by atoms with Gasteiger partial charge in [0.25, 0.3) is 20.2 Å². The molecule has 0 bridgehead atoms. The second kappa shape index (κ2) is 10.7. The van der Waals surface area contributed by atoms with Crippen LogP contribution >= 0.6 is 0 Å². The Morgan fingerprint density at radius 3 is 1.73 bits per heavy atom. The van der Waals surface area contributed by atoms with Crippen molar-refractivity contribution >= 4 is 65.7 Å². The molecule has 0 radical (unpaired) electrons. The zero-order chi connectivity index (χ0) is 29.2. The van der Waals surface area contributed by atoms with Crippen molar-refractivity contribution in [2.24, 2.45) is 20.5 Å². The summed E-state index contributed by atoms with van der Waals surface area (Å²) < 4.78 is 66.5. The number of nitrogens with two attached hydrogens (primary N) is 4. The minimum Gasteiger partial charge on any atom is -0.399 e. The molecule has 14 nitrogen and oxygen atoms in total. The van der Waals surface area contributed by atoms with Crippen LogP contribution in [0, 0.1) is 0 Å². The molecular weight excluding hydrogens is 560 g/mol. The van der Waals surface area contributed by atoms with Crippen molar-refractivity contribution in [2.45, 2.75) is 9.79 Å². The molecule has 0 aromatic heterocycles. The molecule has 0 atom stereocenters. The van der Waals surface area contributed by atoms with Gasteiger partial charge in [-0.25, -0.2) is 0 Å². The van der Waals surface area contributed by atoms with E-state index in [0.29, 0.717) is 22.6 Å². The molecule has 4 rings (SSSR count). The summed E-state index contributed by atoms with van der Waals surface area (Å²) in [6, 6.07) is 16.9.